The summed E-state index contributed by atoms with van der Waals surface area (Å²) in [5, 5.41) is 11.7. The molecule has 0 saturated heterocycles. The minimum atomic E-state index is -0.237. The molecule has 0 atom stereocenters. The van der Waals surface area contributed by atoms with Crippen molar-refractivity contribution in [1.29, 1.82) is 0 Å². The van der Waals surface area contributed by atoms with Crippen molar-refractivity contribution in [2.24, 2.45) is 10.9 Å². The number of nitrogens with zero attached hydrogens (tertiary/aromatic N) is 2. The van der Waals surface area contributed by atoms with E-state index in [9.17, 15) is 4.39 Å². The molecule has 0 spiro atoms. The van der Waals surface area contributed by atoms with Gasteiger partial charge in [-0.3, -0.25) is 0 Å². The minimum Gasteiger partial charge on any atom is -0.409 e. The molecule has 0 radical (unpaired) electrons. The summed E-state index contributed by atoms with van der Waals surface area (Å²) in [6.07, 6.45) is 0. The molecule has 2 aromatic carbocycles. The van der Waals surface area contributed by atoms with Gasteiger partial charge in [0.2, 0.25) is 0 Å². The predicted molar refractivity (Wildman–Crippen MR) is 82.2 cm³/mol. The summed E-state index contributed by atoms with van der Waals surface area (Å²) in [6.45, 7) is 2.49. The summed E-state index contributed by atoms with van der Waals surface area (Å²) in [5.74, 6) is -0.147. The quantitative estimate of drug-likeness (QED) is 0.393. The van der Waals surface area contributed by atoms with Crippen molar-refractivity contribution in [3.63, 3.8) is 0 Å². The Morgan fingerprint density at radius 3 is 2.67 bits per heavy atom. The molecule has 0 aromatic heterocycles. The Morgan fingerprint density at radius 1 is 1.29 bits per heavy atom. The summed E-state index contributed by atoms with van der Waals surface area (Å²) >= 11 is 0. The number of benzene rings is 2. The highest BCUT2D eigenvalue weighted by atomic mass is 19.1. The Balaban J connectivity index is 2.20. The summed E-state index contributed by atoms with van der Waals surface area (Å²) in [7, 11) is 1.93. The molecule has 0 heterocycles. The van der Waals surface area contributed by atoms with E-state index in [2.05, 4.69) is 5.16 Å². The lowest BCUT2D eigenvalue weighted by molar-refractivity contribution is 0.318. The number of amidine groups is 1. The zero-order chi connectivity index (χ0) is 15.4. The van der Waals surface area contributed by atoms with Crippen LogP contribution < -0.4 is 10.6 Å². The molecular formula is C16H18FN3O. The van der Waals surface area contributed by atoms with E-state index in [1.54, 1.807) is 6.07 Å². The first kappa shape index (κ1) is 14.8. The van der Waals surface area contributed by atoms with Crippen molar-refractivity contribution in [2.75, 3.05) is 11.9 Å². The molecule has 2 rings (SSSR count). The molecule has 0 bridgehead atoms. The van der Waals surface area contributed by atoms with E-state index < -0.39 is 0 Å². The largest absolute Gasteiger partial charge is 0.409 e. The van der Waals surface area contributed by atoms with Crippen LogP contribution in [0.1, 0.15) is 16.7 Å². The van der Waals surface area contributed by atoms with Crippen LogP contribution in [0.3, 0.4) is 0 Å². The van der Waals surface area contributed by atoms with E-state index in [1.165, 1.54) is 12.1 Å². The minimum absolute atomic E-state index is 0.0897. The highest BCUT2D eigenvalue weighted by molar-refractivity contribution is 5.98. The van der Waals surface area contributed by atoms with Gasteiger partial charge in [0, 0.05) is 24.8 Å². The molecule has 0 unspecified atom stereocenters. The van der Waals surface area contributed by atoms with Gasteiger partial charge < -0.3 is 15.8 Å². The van der Waals surface area contributed by atoms with Crippen LogP contribution in [0.25, 0.3) is 0 Å². The number of hydrogen-bond acceptors (Lipinski definition) is 3. The lowest BCUT2D eigenvalue weighted by Crippen LogP contribution is -2.18. The van der Waals surface area contributed by atoms with Gasteiger partial charge in [-0.2, -0.15) is 0 Å². The summed E-state index contributed by atoms with van der Waals surface area (Å²) in [6, 6.07) is 12.2. The maximum Gasteiger partial charge on any atom is 0.170 e. The Hall–Kier alpha value is -2.56. The van der Waals surface area contributed by atoms with Gasteiger partial charge in [0.05, 0.1) is 0 Å². The molecule has 0 aliphatic rings. The predicted octanol–water partition coefficient (Wildman–Crippen LogP) is 2.87. The van der Waals surface area contributed by atoms with E-state index in [-0.39, 0.29) is 11.7 Å². The summed E-state index contributed by atoms with van der Waals surface area (Å²) < 4.78 is 13.2. The first-order chi connectivity index (χ1) is 10.0. The number of hydrogen-bond donors (Lipinski definition) is 2. The highest BCUT2D eigenvalue weighted by Gasteiger charge is 2.08. The molecular weight excluding hydrogens is 269 g/mol. The lowest BCUT2D eigenvalue weighted by Gasteiger charge is -2.20. The van der Waals surface area contributed by atoms with Gasteiger partial charge in [-0.1, -0.05) is 17.3 Å². The Bertz CT molecular complexity index is 670. The molecule has 0 aliphatic carbocycles. The van der Waals surface area contributed by atoms with Crippen molar-refractivity contribution < 1.29 is 9.60 Å². The molecule has 0 saturated carbocycles. The number of aryl methyl sites for hydroxylation is 1. The third-order valence-electron chi connectivity index (χ3n) is 3.34. The third kappa shape index (κ3) is 3.51. The molecule has 0 amide bonds. The van der Waals surface area contributed by atoms with E-state index in [0.717, 1.165) is 16.8 Å². The zero-order valence-electron chi connectivity index (χ0n) is 12.0. The fraction of sp³-hybridized carbons (Fsp3) is 0.188. The Labute approximate surface area is 123 Å². The SMILES string of the molecule is Cc1cc(N(C)Cc2cccc(F)c2)ccc1/C(N)=N/O. The van der Waals surface area contributed by atoms with Crippen LogP contribution in [0.15, 0.2) is 47.6 Å². The molecule has 0 fully saturated rings. The highest BCUT2D eigenvalue weighted by Crippen LogP contribution is 2.20. The number of halogens is 1. The topological polar surface area (TPSA) is 61.8 Å². The van der Waals surface area contributed by atoms with Crippen LogP contribution in [-0.4, -0.2) is 18.1 Å². The van der Waals surface area contributed by atoms with Crippen molar-refractivity contribution in [1.82, 2.24) is 0 Å². The molecule has 2 aromatic rings. The first-order valence-corrected chi connectivity index (χ1v) is 6.55. The molecule has 4 nitrogen and oxygen atoms in total. The third-order valence-corrected chi connectivity index (χ3v) is 3.34. The van der Waals surface area contributed by atoms with Crippen LogP contribution in [0.4, 0.5) is 10.1 Å². The standard InChI is InChI=1S/C16H18FN3O/c1-11-8-14(6-7-15(11)16(18)19-21)20(2)10-12-4-3-5-13(17)9-12/h3-9,21H,10H2,1-2H3,(H2,18,19). The van der Waals surface area contributed by atoms with E-state index in [0.29, 0.717) is 12.1 Å². The van der Waals surface area contributed by atoms with Crippen molar-refractivity contribution >= 4 is 11.5 Å². The maximum atomic E-state index is 13.2. The monoisotopic (exact) mass is 287 g/mol. The van der Waals surface area contributed by atoms with Crippen molar-refractivity contribution in [2.45, 2.75) is 13.5 Å². The van der Waals surface area contributed by atoms with Gasteiger partial charge in [-0.25, -0.2) is 4.39 Å². The fourth-order valence-electron chi connectivity index (χ4n) is 2.23. The second kappa shape index (κ2) is 6.26. The van der Waals surface area contributed by atoms with Crippen LogP contribution in [0.5, 0.6) is 0 Å². The van der Waals surface area contributed by atoms with E-state index in [4.69, 9.17) is 10.9 Å². The van der Waals surface area contributed by atoms with Gasteiger partial charge in [-0.05, 0) is 48.4 Å². The number of oxime groups is 1. The first-order valence-electron chi connectivity index (χ1n) is 6.55. The van der Waals surface area contributed by atoms with Crippen LogP contribution in [0, 0.1) is 12.7 Å². The normalized spacial score (nSPS) is 11.5. The van der Waals surface area contributed by atoms with Gasteiger partial charge in [-0.15, -0.1) is 0 Å². The summed E-state index contributed by atoms with van der Waals surface area (Å²) in [4.78, 5) is 2.01. The van der Waals surface area contributed by atoms with Crippen LogP contribution >= 0.6 is 0 Å². The summed E-state index contributed by atoms with van der Waals surface area (Å²) in [5.41, 5.74) is 9.09. The van der Waals surface area contributed by atoms with Crippen molar-refractivity contribution in [3.05, 3.63) is 65.0 Å². The molecule has 0 aliphatic heterocycles. The van der Waals surface area contributed by atoms with Gasteiger partial charge >= 0.3 is 0 Å². The maximum absolute atomic E-state index is 13.2. The van der Waals surface area contributed by atoms with E-state index >= 15 is 0 Å². The van der Waals surface area contributed by atoms with Crippen molar-refractivity contribution in [3.8, 4) is 0 Å². The Kier molecular flexibility index (Phi) is 4.42. The smallest absolute Gasteiger partial charge is 0.170 e. The van der Waals surface area contributed by atoms with Crippen LogP contribution in [0.2, 0.25) is 0 Å². The fourth-order valence-corrected chi connectivity index (χ4v) is 2.23. The second-order valence-electron chi connectivity index (χ2n) is 4.97. The average molecular weight is 287 g/mol. The molecule has 3 N–H and O–H groups in total. The number of anilines is 1. The lowest BCUT2D eigenvalue weighted by atomic mass is 10.1. The van der Waals surface area contributed by atoms with Gasteiger partial charge in [0.25, 0.3) is 0 Å². The molecule has 110 valence electrons. The number of rotatable bonds is 4. The van der Waals surface area contributed by atoms with Crippen LogP contribution in [-0.2, 0) is 6.54 Å². The molecule has 21 heavy (non-hydrogen) atoms. The van der Waals surface area contributed by atoms with Gasteiger partial charge in [0.1, 0.15) is 5.82 Å². The van der Waals surface area contributed by atoms with E-state index in [1.807, 2.05) is 43.1 Å². The Morgan fingerprint density at radius 2 is 2.05 bits per heavy atom. The zero-order valence-corrected chi connectivity index (χ0v) is 12.0. The number of nitrogens with two attached hydrogens (primary N) is 1. The molecule has 5 heteroatoms. The van der Waals surface area contributed by atoms with Gasteiger partial charge in [0.15, 0.2) is 5.84 Å². The average Bonchev–Trinajstić information content (AvgIpc) is 2.46. The second-order valence-corrected chi connectivity index (χ2v) is 4.97.